The Morgan fingerprint density at radius 1 is 1.44 bits per heavy atom. The molecule has 1 saturated heterocycles. The van der Waals surface area contributed by atoms with Gasteiger partial charge in [-0.3, -0.25) is 10.1 Å². The van der Waals surface area contributed by atoms with E-state index in [0.29, 0.717) is 5.92 Å². The van der Waals surface area contributed by atoms with Crippen molar-refractivity contribution in [2.75, 3.05) is 6.54 Å². The average molecular weight is 248 g/mol. The molecule has 4 heteroatoms. The molecular weight excluding hydrogens is 231 g/mol. The molecule has 1 N–H and O–H groups in total. The molecule has 2 atom stereocenters. The first-order valence-electron chi connectivity index (χ1n) is 6.47. The lowest BCUT2D eigenvalue weighted by Gasteiger charge is -2.24. The molecule has 1 aromatic carbocycles. The fraction of sp³-hybridized carbons (Fsp3) is 0.500. The van der Waals surface area contributed by atoms with Crippen LogP contribution in [-0.2, 0) is 4.79 Å². The molecule has 2 fully saturated rings. The summed E-state index contributed by atoms with van der Waals surface area (Å²) in [5, 5.41) is 3.24. The summed E-state index contributed by atoms with van der Waals surface area (Å²) in [4.78, 5) is 14.0. The molecule has 1 saturated carbocycles. The lowest BCUT2D eigenvalue weighted by atomic mass is 10.1. The monoisotopic (exact) mass is 248 g/mol. The van der Waals surface area contributed by atoms with Crippen LogP contribution in [0, 0.1) is 11.7 Å². The summed E-state index contributed by atoms with van der Waals surface area (Å²) in [6, 6.07) is 6.30. The van der Waals surface area contributed by atoms with Gasteiger partial charge in [0.05, 0.1) is 6.04 Å². The lowest BCUT2D eigenvalue weighted by molar-refractivity contribution is -0.130. The first-order valence-corrected chi connectivity index (χ1v) is 6.47. The molecule has 0 spiro atoms. The predicted octanol–water partition coefficient (Wildman–Crippen LogP) is 2.05. The van der Waals surface area contributed by atoms with E-state index in [1.54, 1.807) is 6.07 Å². The summed E-state index contributed by atoms with van der Waals surface area (Å²) >= 11 is 0. The van der Waals surface area contributed by atoms with Gasteiger partial charge in [-0.05, 0) is 43.4 Å². The standard InChI is InChI=1S/C14H17FN2O/c1-9-14(18)17(8-10-5-6-10)13(16-9)11-3-2-4-12(15)7-11/h2-4,7,9-10,13,16H,5-6,8H2,1H3. The normalized spacial score (nSPS) is 27.9. The molecule has 1 heterocycles. The molecule has 0 radical (unpaired) electrons. The number of benzene rings is 1. The van der Waals surface area contributed by atoms with Crippen LogP contribution in [0.15, 0.2) is 24.3 Å². The number of hydrogen-bond donors (Lipinski definition) is 1. The third-order valence-electron chi connectivity index (χ3n) is 3.69. The maximum Gasteiger partial charge on any atom is 0.241 e. The zero-order valence-corrected chi connectivity index (χ0v) is 10.4. The van der Waals surface area contributed by atoms with Gasteiger partial charge in [0.2, 0.25) is 5.91 Å². The van der Waals surface area contributed by atoms with Crippen LogP contribution >= 0.6 is 0 Å². The number of carbonyl (C=O) groups is 1. The van der Waals surface area contributed by atoms with Crippen molar-refractivity contribution < 1.29 is 9.18 Å². The van der Waals surface area contributed by atoms with Crippen LogP contribution in [0.1, 0.15) is 31.5 Å². The molecular formula is C14H17FN2O. The zero-order valence-electron chi connectivity index (χ0n) is 10.4. The van der Waals surface area contributed by atoms with Crippen molar-refractivity contribution in [3.05, 3.63) is 35.6 Å². The first kappa shape index (κ1) is 11.7. The van der Waals surface area contributed by atoms with Crippen LogP contribution in [0.4, 0.5) is 4.39 Å². The van der Waals surface area contributed by atoms with Gasteiger partial charge < -0.3 is 4.90 Å². The fourth-order valence-corrected chi connectivity index (χ4v) is 2.50. The molecule has 1 aromatic rings. The van der Waals surface area contributed by atoms with Crippen molar-refractivity contribution in [3.8, 4) is 0 Å². The van der Waals surface area contributed by atoms with Gasteiger partial charge >= 0.3 is 0 Å². The number of halogens is 1. The van der Waals surface area contributed by atoms with Gasteiger partial charge in [0.15, 0.2) is 0 Å². The summed E-state index contributed by atoms with van der Waals surface area (Å²) in [5.41, 5.74) is 0.827. The average Bonchev–Trinajstić information content (AvgIpc) is 3.11. The van der Waals surface area contributed by atoms with E-state index in [0.717, 1.165) is 12.1 Å². The highest BCUT2D eigenvalue weighted by atomic mass is 19.1. The second kappa shape index (κ2) is 4.35. The van der Waals surface area contributed by atoms with Crippen molar-refractivity contribution in [2.45, 2.75) is 32.0 Å². The third-order valence-corrected chi connectivity index (χ3v) is 3.69. The van der Waals surface area contributed by atoms with Crippen molar-refractivity contribution >= 4 is 5.91 Å². The molecule has 18 heavy (non-hydrogen) atoms. The van der Waals surface area contributed by atoms with E-state index in [1.165, 1.54) is 25.0 Å². The Labute approximate surface area is 106 Å². The van der Waals surface area contributed by atoms with Gasteiger partial charge in [0.1, 0.15) is 12.0 Å². The summed E-state index contributed by atoms with van der Waals surface area (Å²) in [6.07, 6.45) is 2.23. The molecule has 0 bridgehead atoms. The second-order valence-electron chi connectivity index (χ2n) is 5.28. The van der Waals surface area contributed by atoms with Gasteiger partial charge in [-0.15, -0.1) is 0 Å². The van der Waals surface area contributed by atoms with E-state index >= 15 is 0 Å². The minimum atomic E-state index is -0.257. The summed E-state index contributed by atoms with van der Waals surface area (Å²) in [5.74, 6) is 0.501. The van der Waals surface area contributed by atoms with E-state index in [2.05, 4.69) is 5.32 Å². The van der Waals surface area contributed by atoms with Gasteiger partial charge in [-0.2, -0.15) is 0 Å². The zero-order chi connectivity index (χ0) is 12.7. The topological polar surface area (TPSA) is 32.3 Å². The van der Waals surface area contributed by atoms with Crippen LogP contribution in [-0.4, -0.2) is 23.4 Å². The van der Waals surface area contributed by atoms with Gasteiger partial charge in [-0.25, -0.2) is 4.39 Å². The Balaban J connectivity index is 1.86. The highest BCUT2D eigenvalue weighted by molar-refractivity contribution is 5.84. The van der Waals surface area contributed by atoms with Crippen LogP contribution in [0.3, 0.4) is 0 Å². The quantitative estimate of drug-likeness (QED) is 0.888. The number of carbonyl (C=O) groups excluding carboxylic acids is 1. The van der Waals surface area contributed by atoms with E-state index in [4.69, 9.17) is 0 Å². The van der Waals surface area contributed by atoms with E-state index in [9.17, 15) is 9.18 Å². The third kappa shape index (κ3) is 2.12. The maximum atomic E-state index is 13.3. The molecule has 2 unspecified atom stereocenters. The largest absolute Gasteiger partial charge is 0.321 e. The smallest absolute Gasteiger partial charge is 0.241 e. The van der Waals surface area contributed by atoms with Crippen molar-refractivity contribution in [1.29, 1.82) is 0 Å². The SMILES string of the molecule is CC1NC(c2cccc(F)c2)N(CC2CC2)C1=O. The molecule has 2 aliphatic rings. The lowest BCUT2D eigenvalue weighted by Crippen LogP contribution is -2.32. The molecule has 3 rings (SSSR count). The van der Waals surface area contributed by atoms with Crippen LogP contribution in [0.25, 0.3) is 0 Å². The van der Waals surface area contributed by atoms with Gasteiger partial charge in [0.25, 0.3) is 0 Å². The molecule has 1 amide bonds. The van der Waals surface area contributed by atoms with Gasteiger partial charge in [-0.1, -0.05) is 12.1 Å². The Morgan fingerprint density at radius 3 is 2.89 bits per heavy atom. The molecule has 3 nitrogen and oxygen atoms in total. The minimum Gasteiger partial charge on any atom is -0.321 e. The summed E-state index contributed by atoms with van der Waals surface area (Å²) < 4.78 is 13.3. The Hall–Kier alpha value is -1.42. The van der Waals surface area contributed by atoms with Crippen molar-refractivity contribution in [3.63, 3.8) is 0 Å². The fourth-order valence-electron chi connectivity index (χ4n) is 2.50. The summed E-state index contributed by atoms with van der Waals surface area (Å²) in [6.45, 7) is 2.65. The van der Waals surface area contributed by atoms with Crippen LogP contribution < -0.4 is 5.32 Å². The minimum absolute atomic E-state index is 0.121. The van der Waals surface area contributed by atoms with Gasteiger partial charge in [0, 0.05) is 6.54 Å². The number of amides is 1. The van der Waals surface area contributed by atoms with Crippen molar-refractivity contribution in [2.24, 2.45) is 5.92 Å². The van der Waals surface area contributed by atoms with Crippen LogP contribution in [0.5, 0.6) is 0 Å². The predicted molar refractivity (Wildman–Crippen MR) is 66.2 cm³/mol. The molecule has 1 aliphatic heterocycles. The highest BCUT2D eigenvalue weighted by Gasteiger charge is 2.39. The molecule has 1 aliphatic carbocycles. The first-order chi connectivity index (χ1) is 8.65. The van der Waals surface area contributed by atoms with Crippen LogP contribution in [0.2, 0.25) is 0 Å². The van der Waals surface area contributed by atoms with Crippen molar-refractivity contribution in [1.82, 2.24) is 10.2 Å². The molecule has 96 valence electrons. The number of nitrogens with zero attached hydrogens (tertiary/aromatic N) is 1. The van der Waals surface area contributed by atoms with E-state index in [-0.39, 0.29) is 23.9 Å². The Morgan fingerprint density at radius 2 is 2.22 bits per heavy atom. The molecule has 0 aromatic heterocycles. The Kier molecular flexibility index (Phi) is 2.82. The summed E-state index contributed by atoms with van der Waals surface area (Å²) in [7, 11) is 0. The Bertz CT molecular complexity index is 473. The van der Waals surface area contributed by atoms with E-state index < -0.39 is 0 Å². The maximum absolute atomic E-state index is 13.3. The number of nitrogens with one attached hydrogen (secondary N) is 1. The van der Waals surface area contributed by atoms with E-state index in [1.807, 2.05) is 17.9 Å². The highest BCUT2D eigenvalue weighted by Crippen LogP contribution is 2.34. The second-order valence-corrected chi connectivity index (χ2v) is 5.28. The number of rotatable bonds is 3. The number of hydrogen-bond acceptors (Lipinski definition) is 2.